The summed E-state index contributed by atoms with van der Waals surface area (Å²) >= 11 is 0. The average Bonchev–Trinajstić information content (AvgIpc) is 2.09. The van der Waals surface area contributed by atoms with Gasteiger partial charge in [-0.2, -0.15) is 0 Å². The second kappa shape index (κ2) is 5.66. The minimum absolute atomic E-state index is 0.0389. The Labute approximate surface area is 98.3 Å². The zero-order valence-corrected chi connectivity index (χ0v) is 11.6. The molecule has 0 saturated heterocycles. The third-order valence-corrected chi connectivity index (χ3v) is 5.33. The number of hydrogen-bond acceptors (Lipinski definition) is 4. The van der Waals surface area contributed by atoms with Crippen molar-refractivity contribution in [3.05, 3.63) is 0 Å². The van der Waals surface area contributed by atoms with E-state index >= 15 is 0 Å². The molecule has 0 aliphatic heterocycles. The molecule has 0 aromatic heterocycles. The predicted molar refractivity (Wildman–Crippen MR) is 64.0 cm³/mol. The Morgan fingerprint density at radius 2 is 1.81 bits per heavy atom. The second-order valence-corrected chi connectivity index (χ2v) is 7.85. The first-order valence-corrected chi connectivity index (χ1v) is 7.04. The molecule has 0 heterocycles. The van der Waals surface area contributed by atoms with Crippen LogP contribution in [0.3, 0.4) is 0 Å². The summed E-state index contributed by atoms with van der Waals surface area (Å²) in [6.45, 7) is 8.16. The Hall–Kier alpha value is -0.580. The molecule has 0 aromatic rings. The number of hydrogen-bond donors (Lipinski definition) is 0. The van der Waals surface area contributed by atoms with Crippen LogP contribution in [0.5, 0.6) is 0 Å². The molecule has 16 heavy (non-hydrogen) atoms. The van der Waals surface area contributed by atoms with Crippen LogP contribution in [-0.4, -0.2) is 31.0 Å². The fourth-order valence-corrected chi connectivity index (χ4v) is 3.15. The van der Waals surface area contributed by atoms with Crippen LogP contribution in [0.1, 0.15) is 47.5 Å². The first kappa shape index (κ1) is 15.4. The van der Waals surface area contributed by atoms with E-state index in [2.05, 4.69) is 0 Å². The van der Waals surface area contributed by atoms with Crippen LogP contribution >= 0.6 is 0 Å². The Balaban J connectivity index is 4.84. The lowest BCUT2D eigenvalue weighted by Gasteiger charge is -2.26. The fourth-order valence-electron chi connectivity index (χ4n) is 1.36. The van der Waals surface area contributed by atoms with Crippen LogP contribution in [0.4, 0.5) is 0 Å². The SMILES string of the molecule is CCC[C@@H](COC(C)=O)S(=O)(=O)C(C)(C)C. The van der Waals surface area contributed by atoms with Gasteiger partial charge < -0.3 is 4.74 Å². The van der Waals surface area contributed by atoms with Gasteiger partial charge in [0.2, 0.25) is 0 Å². The van der Waals surface area contributed by atoms with Gasteiger partial charge in [0.05, 0.1) is 10.00 Å². The van der Waals surface area contributed by atoms with Gasteiger partial charge in [-0.05, 0) is 27.2 Å². The van der Waals surface area contributed by atoms with Gasteiger partial charge in [0, 0.05) is 6.92 Å². The Morgan fingerprint density at radius 1 is 1.31 bits per heavy atom. The molecule has 5 heteroatoms. The van der Waals surface area contributed by atoms with Gasteiger partial charge in [0.15, 0.2) is 9.84 Å². The molecule has 0 aliphatic carbocycles. The highest BCUT2D eigenvalue weighted by Crippen LogP contribution is 2.23. The maximum Gasteiger partial charge on any atom is 0.302 e. The number of ether oxygens (including phenoxy) is 1. The highest BCUT2D eigenvalue weighted by Gasteiger charge is 2.36. The van der Waals surface area contributed by atoms with Crippen molar-refractivity contribution in [2.45, 2.75) is 57.5 Å². The largest absolute Gasteiger partial charge is 0.464 e. The molecule has 0 unspecified atom stereocenters. The summed E-state index contributed by atoms with van der Waals surface area (Å²) in [6.07, 6.45) is 1.27. The molecule has 0 spiro atoms. The van der Waals surface area contributed by atoms with Crippen LogP contribution in [0.25, 0.3) is 0 Å². The van der Waals surface area contributed by atoms with Crippen molar-refractivity contribution in [1.29, 1.82) is 0 Å². The van der Waals surface area contributed by atoms with E-state index < -0.39 is 25.8 Å². The summed E-state index contributed by atoms with van der Waals surface area (Å²) in [4.78, 5) is 10.7. The Bertz CT molecular complexity index is 324. The van der Waals surface area contributed by atoms with Crippen LogP contribution in [-0.2, 0) is 19.4 Å². The summed E-state index contributed by atoms with van der Waals surface area (Å²) in [5, 5.41) is -0.596. The summed E-state index contributed by atoms with van der Waals surface area (Å²) in [6, 6.07) is 0. The molecule has 4 nitrogen and oxygen atoms in total. The van der Waals surface area contributed by atoms with Gasteiger partial charge in [-0.3, -0.25) is 4.79 Å². The number of rotatable bonds is 5. The molecule has 0 aliphatic rings. The van der Waals surface area contributed by atoms with E-state index in [4.69, 9.17) is 4.74 Å². The van der Waals surface area contributed by atoms with E-state index in [1.165, 1.54) is 6.92 Å². The van der Waals surface area contributed by atoms with Crippen LogP contribution in [0.15, 0.2) is 0 Å². The zero-order valence-electron chi connectivity index (χ0n) is 10.7. The Kier molecular flexibility index (Phi) is 5.46. The lowest BCUT2D eigenvalue weighted by atomic mass is 10.2. The predicted octanol–water partition coefficient (Wildman–Crippen LogP) is 1.93. The van der Waals surface area contributed by atoms with Gasteiger partial charge in [-0.1, -0.05) is 13.3 Å². The number of sulfone groups is 1. The highest BCUT2D eigenvalue weighted by molar-refractivity contribution is 7.93. The van der Waals surface area contributed by atoms with Crippen molar-refractivity contribution in [3.8, 4) is 0 Å². The van der Waals surface area contributed by atoms with Crippen LogP contribution in [0.2, 0.25) is 0 Å². The quantitative estimate of drug-likeness (QED) is 0.699. The van der Waals surface area contributed by atoms with Crippen molar-refractivity contribution >= 4 is 15.8 Å². The van der Waals surface area contributed by atoms with Gasteiger partial charge >= 0.3 is 5.97 Å². The fraction of sp³-hybridized carbons (Fsp3) is 0.909. The van der Waals surface area contributed by atoms with Gasteiger partial charge in [0.1, 0.15) is 6.61 Å². The topological polar surface area (TPSA) is 60.4 Å². The van der Waals surface area contributed by atoms with Crippen molar-refractivity contribution in [2.24, 2.45) is 0 Å². The van der Waals surface area contributed by atoms with Gasteiger partial charge in [-0.15, -0.1) is 0 Å². The molecular weight excluding hydrogens is 228 g/mol. The molecule has 0 amide bonds. The molecule has 0 radical (unpaired) electrons. The molecule has 0 rings (SSSR count). The van der Waals surface area contributed by atoms with E-state index in [9.17, 15) is 13.2 Å². The Morgan fingerprint density at radius 3 is 2.12 bits per heavy atom. The summed E-state index contributed by atoms with van der Waals surface area (Å²) in [5.41, 5.74) is 0. The normalized spacial score (nSPS) is 14.6. The minimum atomic E-state index is -3.27. The maximum atomic E-state index is 12.2. The lowest BCUT2D eigenvalue weighted by Crippen LogP contribution is -2.40. The monoisotopic (exact) mass is 250 g/mol. The molecule has 0 aromatic carbocycles. The zero-order chi connectivity index (χ0) is 13.0. The molecular formula is C11H22O4S. The van der Waals surface area contributed by atoms with Crippen LogP contribution in [0, 0.1) is 0 Å². The van der Waals surface area contributed by atoms with Crippen molar-refractivity contribution in [2.75, 3.05) is 6.61 Å². The molecule has 1 atom stereocenters. The molecule has 96 valence electrons. The van der Waals surface area contributed by atoms with E-state index in [1.807, 2.05) is 6.92 Å². The van der Waals surface area contributed by atoms with Gasteiger partial charge in [0.25, 0.3) is 0 Å². The van der Waals surface area contributed by atoms with Gasteiger partial charge in [-0.25, -0.2) is 8.42 Å². The first-order valence-electron chi connectivity index (χ1n) is 5.49. The minimum Gasteiger partial charge on any atom is -0.464 e. The molecule has 0 saturated carbocycles. The summed E-state index contributed by atoms with van der Waals surface area (Å²) in [5.74, 6) is -0.440. The number of esters is 1. The first-order chi connectivity index (χ1) is 7.13. The van der Waals surface area contributed by atoms with E-state index in [-0.39, 0.29) is 6.61 Å². The highest BCUT2D eigenvalue weighted by atomic mass is 32.2. The molecule has 0 fully saturated rings. The standard InChI is InChI=1S/C11H22O4S/c1-6-7-10(8-15-9(2)12)16(13,14)11(3,4)5/h10H,6-8H2,1-5H3/t10-/m0/s1. The third-order valence-electron chi connectivity index (χ3n) is 2.38. The molecule has 0 bridgehead atoms. The summed E-state index contributed by atoms with van der Waals surface area (Å²) in [7, 11) is -3.27. The lowest BCUT2D eigenvalue weighted by molar-refractivity contribution is -0.140. The third kappa shape index (κ3) is 4.12. The molecule has 0 N–H and O–H groups in total. The van der Waals surface area contributed by atoms with E-state index in [0.717, 1.165) is 6.42 Å². The number of carbonyl (C=O) groups is 1. The van der Waals surface area contributed by atoms with E-state index in [0.29, 0.717) is 6.42 Å². The van der Waals surface area contributed by atoms with Crippen molar-refractivity contribution in [1.82, 2.24) is 0 Å². The summed E-state index contributed by atoms with van der Waals surface area (Å²) < 4.78 is 28.3. The average molecular weight is 250 g/mol. The smallest absolute Gasteiger partial charge is 0.302 e. The van der Waals surface area contributed by atoms with Crippen molar-refractivity contribution < 1.29 is 17.9 Å². The van der Waals surface area contributed by atoms with Crippen LogP contribution < -0.4 is 0 Å². The maximum absolute atomic E-state index is 12.2. The van der Waals surface area contributed by atoms with Crippen molar-refractivity contribution in [3.63, 3.8) is 0 Å². The second-order valence-electron chi connectivity index (χ2n) is 4.87. The van der Waals surface area contributed by atoms with E-state index in [1.54, 1.807) is 20.8 Å². The number of carbonyl (C=O) groups excluding carboxylic acids is 1.